The summed E-state index contributed by atoms with van der Waals surface area (Å²) in [7, 11) is 0. The summed E-state index contributed by atoms with van der Waals surface area (Å²) < 4.78 is 5.36. The number of amides is 1. The summed E-state index contributed by atoms with van der Waals surface area (Å²) >= 11 is 0. The lowest BCUT2D eigenvalue weighted by Crippen LogP contribution is -2.44. The predicted molar refractivity (Wildman–Crippen MR) is 74.6 cm³/mol. The van der Waals surface area contributed by atoms with Gasteiger partial charge in [0.1, 0.15) is 5.76 Å². The van der Waals surface area contributed by atoms with Crippen molar-refractivity contribution in [2.24, 2.45) is 5.41 Å². The first-order valence-corrected chi connectivity index (χ1v) is 7.24. The van der Waals surface area contributed by atoms with Crippen molar-refractivity contribution in [1.29, 1.82) is 0 Å². The van der Waals surface area contributed by atoms with Crippen LogP contribution in [0.5, 0.6) is 0 Å². The Kier molecular flexibility index (Phi) is 4.64. The Hall–Kier alpha value is -1.29. The maximum Gasteiger partial charge on any atom is 0.230 e. The Balaban J connectivity index is 2.10. The third kappa shape index (κ3) is 3.00. The van der Waals surface area contributed by atoms with Gasteiger partial charge in [0.15, 0.2) is 0 Å². The molecule has 1 unspecified atom stereocenters. The minimum absolute atomic E-state index is 0.197. The van der Waals surface area contributed by atoms with Gasteiger partial charge in [-0.3, -0.25) is 4.79 Å². The molecule has 1 aromatic rings. The second kappa shape index (κ2) is 6.24. The molecule has 1 saturated heterocycles. The largest absolute Gasteiger partial charge is 0.467 e. The van der Waals surface area contributed by atoms with Crippen molar-refractivity contribution in [3.63, 3.8) is 0 Å². The Morgan fingerprint density at radius 3 is 2.89 bits per heavy atom. The molecule has 0 saturated carbocycles. The van der Waals surface area contributed by atoms with E-state index in [1.807, 2.05) is 24.0 Å². The zero-order chi connectivity index (χ0) is 13.7. The SMILES string of the molecule is CCCC1(C(=O)N(CC)Cc2ccco2)CCNC1. The highest BCUT2D eigenvalue weighted by Gasteiger charge is 2.42. The summed E-state index contributed by atoms with van der Waals surface area (Å²) in [5.41, 5.74) is -0.197. The highest BCUT2D eigenvalue weighted by Crippen LogP contribution is 2.33. The first-order chi connectivity index (χ1) is 9.22. The van der Waals surface area contributed by atoms with Crippen molar-refractivity contribution in [2.45, 2.75) is 39.7 Å². The first-order valence-electron chi connectivity index (χ1n) is 7.24. The lowest BCUT2D eigenvalue weighted by molar-refractivity contribution is -0.142. The van der Waals surface area contributed by atoms with Crippen molar-refractivity contribution in [2.75, 3.05) is 19.6 Å². The molecule has 0 aromatic carbocycles. The molecular weight excluding hydrogens is 240 g/mol. The maximum atomic E-state index is 12.9. The third-order valence-electron chi connectivity index (χ3n) is 4.02. The Morgan fingerprint density at radius 2 is 2.37 bits per heavy atom. The molecule has 1 amide bonds. The molecule has 2 rings (SSSR count). The Bertz CT molecular complexity index is 394. The maximum absolute atomic E-state index is 12.9. The van der Waals surface area contributed by atoms with E-state index in [1.165, 1.54) is 0 Å². The number of nitrogens with one attached hydrogen (secondary N) is 1. The Labute approximate surface area is 115 Å². The molecule has 0 spiro atoms. The van der Waals surface area contributed by atoms with E-state index in [0.717, 1.165) is 44.7 Å². The van der Waals surface area contributed by atoms with Crippen LogP contribution in [-0.4, -0.2) is 30.4 Å². The van der Waals surface area contributed by atoms with Gasteiger partial charge in [-0.1, -0.05) is 13.3 Å². The number of hydrogen-bond acceptors (Lipinski definition) is 3. The van der Waals surface area contributed by atoms with Crippen LogP contribution < -0.4 is 5.32 Å². The fourth-order valence-electron chi connectivity index (χ4n) is 2.98. The molecule has 1 N–H and O–H groups in total. The summed E-state index contributed by atoms with van der Waals surface area (Å²) in [6, 6.07) is 3.79. The molecular formula is C15H24N2O2. The summed E-state index contributed by atoms with van der Waals surface area (Å²) in [5, 5.41) is 3.35. The second-order valence-electron chi connectivity index (χ2n) is 5.36. The van der Waals surface area contributed by atoms with Crippen LogP contribution in [0.15, 0.2) is 22.8 Å². The van der Waals surface area contributed by atoms with Gasteiger partial charge in [-0.15, -0.1) is 0 Å². The quantitative estimate of drug-likeness (QED) is 0.858. The van der Waals surface area contributed by atoms with Crippen molar-refractivity contribution in [3.05, 3.63) is 24.2 Å². The fraction of sp³-hybridized carbons (Fsp3) is 0.667. The molecule has 4 heteroatoms. The summed E-state index contributed by atoms with van der Waals surface area (Å²) in [6.45, 7) is 7.25. The van der Waals surface area contributed by atoms with Crippen LogP contribution >= 0.6 is 0 Å². The molecule has 19 heavy (non-hydrogen) atoms. The topological polar surface area (TPSA) is 45.5 Å². The number of furan rings is 1. The lowest BCUT2D eigenvalue weighted by Gasteiger charge is -2.33. The molecule has 0 bridgehead atoms. The number of nitrogens with zero attached hydrogens (tertiary/aromatic N) is 1. The first kappa shape index (κ1) is 14.1. The summed E-state index contributed by atoms with van der Waals surface area (Å²) in [6.07, 6.45) is 4.63. The molecule has 1 atom stereocenters. The van der Waals surface area contributed by atoms with E-state index in [9.17, 15) is 4.79 Å². The average Bonchev–Trinajstić information content (AvgIpc) is 3.07. The van der Waals surface area contributed by atoms with Crippen molar-refractivity contribution < 1.29 is 9.21 Å². The fourth-order valence-corrected chi connectivity index (χ4v) is 2.98. The van der Waals surface area contributed by atoms with Crippen LogP contribution in [0.25, 0.3) is 0 Å². The van der Waals surface area contributed by atoms with Crippen LogP contribution in [-0.2, 0) is 11.3 Å². The number of rotatable bonds is 6. The lowest BCUT2D eigenvalue weighted by atomic mass is 9.81. The minimum atomic E-state index is -0.197. The van der Waals surface area contributed by atoms with Crippen LogP contribution in [0.2, 0.25) is 0 Å². The van der Waals surface area contributed by atoms with Crippen LogP contribution in [0, 0.1) is 5.41 Å². The smallest absolute Gasteiger partial charge is 0.230 e. The van der Waals surface area contributed by atoms with Gasteiger partial charge in [0.05, 0.1) is 18.2 Å². The third-order valence-corrected chi connectivity index (χ3v) is 4.02. The van der Waals surface area contributed by atoms with E-state index in [-0.39, 0.29) is 11.3 Å². The van der Waals surface area contributed by atoms with Crippen molar-refractivity contribution in [1.82, 2.24) is 10.2 Å². The number of carbonyl (C=O) groups is 1. The van der Waals surface area contributed by atoms with Gasteiger partial charge in [-0.25, -0.2) is 0 Å². The molecule has 1 aliphatic heterocycles. The van der Waals surface area contributed by atoms with Gasteiger partial charge in [0.2, 0.25) is 5.91 Å². The van der Waals surface area contributed by atoms with E-state index in [4.69, 9.17) is 4.42 Å². The van der Waals surface area contributed by atoms with Crippen molar-refractivity contribution >= 4 is 5.91 Å². The molecule has 0 aliphatic carbocycles. The molecule has 106 valence electrons. The summed E-state index contributed by atoms with van der Waals surface area (Å²) in [5.74, 6) is 1.13. The van der Waals surface area contributed by atoms with Gasteiger partial charge < -0.3 is 14.6 Å². The zero-order valence-corrected chi connectivity index (χ0v) is 11.9. The van der Waals surface area contributed by atoms with Crippen LogP contribution in [0.3, 0.4) is 0 Å². The Morgan fingerprint density at radius 1 is 1.53 bits per heavy atom. The van der Waals surface area contributed by atoms with Gasteiger partial charge in [0.25, 0.3) is 0 Å². The summed E-state index contributed by atoms with van der Waals surface area (Å²) in [4.78, 5) is 14.8. The van der Waals surface area contributed by atoms with E-state index in [2.05, 4.69) is 12.2 Å². The van der Waals surface area contributed by atoms with Gasteiger partial charge in [-0.2, -0.15) is 0 Å². The van der Waals surface area contributed by atoms with E-state index in [1.54, 1.807) is 6.26 Å². The van der Waals surface area contributed by atoms with E-state index < -0.39 is 0 Å². The van der Waals surface area contributed by atoms with Gasteiger partial charge in [0, 0.05) is 13.1 Å². The molecule has 0 radical (unpaired) electrons. The second-order valence-corrected chi connectivity index (χ2v) is 5.36. The van der Waals surface area contributed by atoms with E-state index >= 15 is 0 Å². The van der Waals surface area contributed by atoms with Crippen LogP contribution in [0.1, 0.15) is 38.9 Å². The van der Waals surface area contributed by atoms with Crippen molar-refractivity contribution in [3.8, 4) is 0 Å². The average molecular weight is 264 g/mol. The molecule has 1 aliphatic rings. The molecule has 1 fully saturated rings. The molecule has 2 heterocycles. The highest BCUT2D eigenvalue weighted by molar-refractivity contribution is 5.83. The van der Waals surface area contributed by atoms with E-state index in [0.29, 0.717) is 6.54 Å². The standard InChI is InChI=1S/C15H24N2O2/c1-3-7-15(8-9-16-12-15)14(18)17(4-2)11-13-6-5-10-19-13/h5-6,10,16H,3-4,7-9,11-12H2,1-2H3. The van der Waals surface area contributed by atoms with Crippen LogP contribution in [0.4, 0.5) is 0 Å². The highest BCUT2D eigenvalue weighted by atomic mass is 16.3. The molecule has 1 aromatic heterocycles. The minimum Gasteiger partial charge on any atom is -0.467 e. The molecule has 4 nitrogen and oxygen atoms in total. The number of hydrogen-bond donors (Lipinski definition) is 1. The monoisotopic (exact) mass is 264 g/mol. The van der Waals surface area contributed by atoms with Gasteiger partial charge in [-0.05, 0) is 38.4 Å². The number of carbonyl (C=O) groups excluding carboxylic acids is 1. The van der Waals surface area contributed by atoms with Gasteiger partial charge >= 0.3 is 0 Å². The normalized spacial score (nSPS) is 22.6. The predicted octanol–water partition coefficient (Wildman–Crippen LogP) is 2.41. The zero-order valence-electron chi connectivity index (χ0n) is 11.9.